The maximum atomic E-state index is 13.4. The molecular formula is C13H16FN3S2. The van der Waals surface area contributed by atoms with E-state index in [0.29, 0.717) is 0 Å². The molecule has 0 fully saturated rings. The number of halogens is 1. The highest BCUT2D eigenvalue weighted by Crippen LogP contribution is 2.34. The first-order valence-corrected chi connectivity index (χ1v) is 7.77. The van der Waals surface area contributed by atoms with Crippen molar-refractivity contribution in [1.29, 1.82) is 0 Å². The molecule has 0 spiro atoms. The largest absolute Gasteiger partial charge is 0.310 e. The van der Waals surface area contributed by atoms with Crippen LogP contribution in [0, 0.1) is 5.82 Å². The molecule has 0 saturated heterocycles. The van der Waals surface area contributed by atoms with Crippen LogP contribution in [-0.4, -0.2) is 15.9 Å². The van der Waals surface area contributed by atoms with Gasteiger partial charge in [-0.3, -0.25) is 0 Å². The molecule has 102 valence electrons. The second kappa shape index (κ2) is 6.98. The van der Waals surface area contributed by atoms with Crippen molar-refractivity contribution in [3.63, 3.8) is 0 Å². The summed E-state index contributed by atoms with van der Waals surface area (Å²) in [6.45, 7) is 5.08. The molecule has 19 heavy (non-hydrogen) atoms. The van der Waals surface area contributed by atoms with Gasteiger partial charge in [0.2, 0.25) is 0 Å². The summed E-state index contributed by atoms with van der Waals surface area (Å²) < 4.78 is 18.3. The van der Waals surface area contributed by atoms with E-state index < -0.39 is 0 Å². The van der Waals surface area contributed by atoms with Crippen LogP contribution in [0.5, 0.6) is 0 Å². The third-order valence-electron chi connectivity index (χ3n) is 2.68. The third kappa shape index (κ3) is 3.99. The van der Waals surface area contributed by atoms with Crippen molar-refractivity contribution in [1.82, 2.24) is 14.7 Å². The molecule has 0 saturated carbocycles. The molecule has 1 unspecified atom stereocenters. The minimum atomic E-state index is -0.207. The summed E-state index contributed by atoms with van der Waals surface area (Å²) >= 11 is 2.88. The lowest BCUT2D eigenvalue weighted by Crippen LogP contribution is -2.20. The Kier molecular flexibility index (Phi) is 5.30. The van der Waals surface area contributed by atoms with Gasteiger partial charge in [0.1, 0.15) is 12.1 Å². The molecule has 1 atom stereocenters. The van der Waals surface area contributed by atoms with E-state index in [-0.39, 0.29) is 11.9 Å². The molecule has 1 aromatic heterocycles. The van der Waals surface area contributed by atoms with Crippen LogP contribution in [-0.2, 0) is 0 Å². The molecule has 0 aliphatic carbocycles. The van der Waals surface area contributed by atoms with Crippen LogP contribution in [0.3, 0.4) is 0 Å². The Morgan fingerprint density at radius 3 is 3.00 bits per heavy atom. The van der Waals surface area contributed by atoms with Gasteiger partial charge in [0.25, 0.3) is 0 Å². The lowest BCUT2D eigenvalue weighted by molar-refractivity contribution is 0.554. The molecule has 1 heterocycles. The Morgan fingerprint density at radius 2 is 2.32 bits per heavy atom. The van der Waals surface area contributed by atoms with Crippen molar-refractivity contribution in [2.75, 3.05) is 6.54 Å². The normalized spacial score (nSPS) is 12.6. The van der Waals surface area contributed by atoms with Gasteiger partial charge in [0.05, 0.1) is 0 Å². The van der Waals surface area contributed by atoms with Crippen LogP contribution in [0.25, 0.3) is 0 Å². The minimum absolute atomic E-state index is 0.117. The van der Waals surface area contributed by atoms with Gasteiger partial charge in [0, 0.05) is 10.9 Å². The fourth-order valence-corrected chi connectivity index (χ4v) is 3.33. The number of aromatic nitrogens is 2. The highest BCUT2D eigenvalue weighted by Gasteiger charge is 2.13. The summed E-state index contributed by atoms with van der Waals surface area (Å²) in [6.07, 6.45) is 2.59. The van der Waals surface area contributed by atoms with Crippen molar-refractivity contribution in [3.05, 3.63) is 35.9 Å². The Morgan fingerprint density at radius 1 is 1.47 bits per heavy atom. The average Bonchev–Trinajstić information content (AvgIpc) is 2.91. The molecule has 6 heteroatoms. The van der Waals surface area contributed by atoms with Gasteiger partial charge >= 0.3 is 0 Å². The topological polar surface area (TPSA) is 37.8 Å². The minimum Gasteiger partial charge on any atom is -0.310 e. The van der Waals surface area contributed by atoms with E-state index in [1.54, 1.807) is 12.1 Å². The van der Waals surface area contributed by atoms with E-state index in [2.05, 4.69) is 28.5 Å². The van der Waals surface area contributed by atoms with Crippen LogP contribution in [0.15, 0.2) is 33.8 Å². The zero-order valence-electron chi connectivity index (χ0n) is 10.9. The summed E-state index contributed by atoms with van der Waals surface area (Å²) in [6, 6.07) is 5.00. The number of benzene rings is 1. The SMILES string of the molecule is CCCNC(C)c1cc(F)ccc1Sc1ncns1. The predicted molar refractivity (Wildman–Crippen MR) is 77.1 cm³/mol. The van der Waals surface area contributed by atoms with E-state index in [1.807, 2.05) is 0 Å². The summed E-state index contributed by atoms with van der Waals surface area (Å²) in [5.74, 6) is -0.207. The monoisotopic (exact) mass is 297 g/mol. The van der Waals surface area contributed by atoms with Crippen molar-refractivity contribution in [2.24, 2.45) is 0 Å². The van der Waals surface area contributed by atoms with Gasteiger partial charge < -0.3 is 5.32 Å². The van der Waals surface area contributed by atoms with E-state index >= 15 is 0 Å². The van der Waals surface area contributed by atoms with Gasteiger partial charge in [-0.25, -0.2) is 9.37 Å². The van der Waals surface area contributed by atoms with Crippen LogP contribution >= 0.6 is 23.3 Å². The maximum Gasteiger partial charge on any atom is 0.174 e. The summed E-state index contributed by atoms with van der Waals surface area (Å²) in [7, 11) is 0. The van der Waals surface area contributed by atoms with Crippen LogP contribution in [0.4, 0.5) is 4.39 Å². The maximum absolute atomic E-state index is 13.4. The molecule has 2 rings (SSSR count). The number of nitrogens with one attached hydrogen (secondary N) is 1. The number of hydrogen-bond donors (Lipinski definition) is 1. The van der Waals surface area contributed by atoms with Crippen LogP contribution < -0.4 is 5.32 Å². The summed E-state index contributed by atoms with van der Waals surface area (Å²) in [5, 5.41) is 3.38. The molecule has 2 aromatic rings. The predicted octanol–water partition coefficient (Wildman–Crippen LogP) is 3.89. The molecule has 0 radical (unpaired) electrons. The van der Waals surface area contributed by atoms with Crippen LogP contribution in [0.1, 0.15) is 31.9 Å². The number of nitrogens with zero attached hydrogens (tertiary/aromatic N) is 2. The fourth-order valence-electron chi connectivity index (χ4n) is 1.72. The van der Waals surface area contributed by atoms with E-state index in [1.165, 1.54) is 35.7 Å². The molecular weight excluding hydrogens is 281 g/mol. The lowest BCUT2D eigenvalue weighted by atomic mass is 10.1. The Labute approximate surface area is 120 Å². The molecule has 0 bridgehead atoms. The first-order valence-electron chi connectivity index (χ1n) is 6.18. The van der Waals surface area contributed by atoms with Crippen molar-refractivity contribution in [3.8, 4) is 0 Å². The third-order valence-corrected chi connectivity index (χ3v) is 4.48. The van der Waals surface area contributed by atoms with Gasteiger partial charge in [-0.2, -0.15) is 4.37 Å². The summed E-state index contributed by atoms with van der Waals surface area (Å²) in [4.78, 5) is 5.18. The van der Waals surface area contributed by atoms with Crippen molar-refractivity contribution in [2.45, 2.75) is 35.5 Å². The molecule has 0 amide bonds. The molecule has 1 N–H and O–H groups in total. The summed E-state index contributed by atoms with van der Waals surface area (Å²) in [5.41, 5.74) is 0.966. The quantitative estimate of drug-likeness (QED) is 0.878. The average molecular weight is 297 g/mol. The van der Waals surface area contributed by atoms with E-state index in [0.717, 1.165) is 27.8 Å². The Balaban J connectivity index is 2.22. The van der Waals surface area contributed by atoms with E-state index in [9.17, 15) is 4.39 Å². The molecule has 3 nitrogen and oxygen atoms in total. The van der Waals surface area contributed by atoms with Gasteiger partial charge in [0.15, 0.2) is 4.34 Å². The van der Waals surface area contributed by atoms with Crippen molar-refractivity contribution >= 4 is 23.3 Å². The highest BCUT2D eigenvalue weighted by molar-refractivity contribution is 8.01. The first kappa shape index (κ1) is 14.4. The highest BCUT2D eigenvalue weighted by atomic mass is 32.2. The standard InChI is InChI=1S/C13H16FN3S2/c1-3-6-15-9(2)11-7-10(14)4-5-12(11)18-13-16-8-17-19-13/h4-5,7-9,15H,3,6H2,1-2H3. The molecule has 0 aliphatic heterocycles. The van der Waals surface area contributed by atoms with Crippen molar-refractivity contribution < 1.29 is 4.39 Å². The van der Waals surface area contributed by atoms with Crippen LogP contribution in [0.2, 0.25) is 0 Å². The number of rotatable bonds is 6. The van der Waals surface area contributed by atoms with E-state index in [4.69, 9.17) is 0 Å². The lowest BCUT2D eigenvalue weighted by Gasteiger charge is -2.17. The zero-order chi connectivity index (χ0) is 13.7. The second-order valence-electron chi connectivity index (χ2n) is 4.17. The molecule has 0 aliphatic rings. The van der Waals surface area contributed by atoms with Gasteiger partial charge in [-0.15, -0.1) is 0 Å². The first-order chi connectivity index (χ1) is 9.20. The smallest absolute Gasteiger partial charge is 0.174 e. The van der Waals surface area contributed by atoms with Gasteiger partial charge in [-0.1, -0.05) is 18.7 Å². The molecule has 1 aromatic carbocycles. The van der Waals surface area contributed by atoms with Gasteiger partial charge in [-0.05, 0) is 55.2 Å². The zero-order valence-corrected chi connectivity index (χ0v) is 12.5. The second-order valence-corrected chi connectivity index (χ2v) is 6.24. The fraction of sp³-hybridized carbons (Fsp3) is 0.385. The Bertz CT molecular complexity index is 517. The number of hydrogen-bond acceptors (Lipinski definition) is 5. The Hall–Kier alpha value is -0.980.